The molecule has 2 aromatic rings. The lowest BCUT2D eigenvalue weighted by Crippen LogP contribution is -2.17. The van der Waals surface area contributed by atoms with Gasteiger partial charge in [0, 0.05) is 30.5 Å². The van der Waals surface area contributed by atoms with Crippen molar-refractivity contribution in [3.8, 4) is 16.9 Å². The van der Waals surface area contributed by atoms with Gasteiger partial charge >= 0.3 is 0 Å². The molecule has 1 heterocycles. The van der Waals surface area contributed by atoms with E-state index in [1.807, 2.05) is 30.3 Å². The average Bonchev–Trinajstić information content (AvgIpc) is 2.52. The number of aromatic nitrogens is 1. The summed E-state index contributed by atoms with van der Waals surface area (Å²) in [5.41, 5.74) is 2.92. The summed E-state index contributed by atoms with van der Waals surface area (Å²) in [4.78, 5) is 4.15. The van der Waals surface area contributed by atoms with E-state index in [9.17, 15) is 0 Å². The fourth-order valence-corrected chi connectivity index (χ4v) is 2.40. The van der Waals surface area contributed by atoms with Crippen molar-refractivity contribution >= 4 is 11.6 Å². The number of pyridine rings is 1. The number of para-hydroxylation sites is 1. The van der Waals surface area contributed by atoms with E-state index in [1.165, 1.54) is 0 Å². The smallest absolute Gasteiger partial charge is 0.134 e. The molecule has 0 fully saturated rings. The van der Waals surface area contributed by atoms with Crippen LogP contribution in [0, 0.1) is 0 Å². The average molecular weight is 307 g/mol. The van der Waals surface area contributed by atoms with Crippen LogP contribution in [-0.4, -0.2) is 30.4 Å². The summed E-state index contributed by atoms with van der Waals surface area (Å²) >= 11 is 6.25. The topological polar surface area (TPSA) is 54.4 Å². The lowest BCUT2D eigenvalue weighted by Gasteiger charge is -2.14. The van der Waals surface area contributed by atoms with E-state index < -0.39 is 0 Å². The van der Waals surface area contributed by atoms with Gasteiger partial charge in [-0.3, -0.25) is 0 Å². The van der Waals surface area contributed by atoms with Crippen LogP contribution in [0.1, 0.15) is 12.0 Å². The van der Waals surface area contributed by atoms with E-state index >= 15 is 0 Å². The Labute approximate surface area is 129 Å². The largest absolute Gasteiger partial charge is 0.496 e. The van der Waals surface area contributed by atoms with Gasteiger partial charge in [-0.1, -0.05) is 29.8 Å². The highest BCUT2D eigenvalue weighted by Gasteiger charge is 2.13. The molecule has 5 heteroatoms. The first-order valence-corrected chi connectivity index (χ1v) is 7.24. The third kappa shape index (κ3) is 3.94. The molecule has 0 aliphatic rings. The number of aliphatic hydroxyl groups excluding tert-OH is 1. The summed E-state index contributed by atoms with van der Waals surface area (Å²) in [6.07, 6.45) is 2.41. The van der Waals surface area contributed by atoms with Crippen LogP contribution in [0.3, 0.4) is 0 Å². The van der Waals surface area contributed by atoms with Crippen molar-refractivity contribution in [2.24, 2.45) is 0 Å². The Hall–Kier alpha value is -1.62. The van der Waals surface area contributed by atoms with Gasteiger partial charge in [0.2, 0.25) is 0 Å². The first-order valence-electron chi connectivity index (χ1n) is 6.86. The lowest BCUT2D eigenvalue weighted by molar-refractivity contribution is 0.286. The van der Waals surface area contributed by atoms with Crippen LogP contribution in [0.25, 0.3) is 11.1 Å². The maximum absolute atomic E-state index is 8.82. The van der Waals surface area contributed by atoms with E-state index in [4.69, 9.17) is 21.4 Å². The van der Waals surface area contributed by atoms with Crippen LogP contribution in [0.5, 0.6) is 5.75 Å². The summed E-state index contributed by atoms with van der Waals surface area (Å²) in [7, 11) is 1.65. The summed E-state index contributed by atoms with van der Waals surface area (Å²) in [5, 5.41) is 12.6. The fourth-order valence-electron chi connectivity index (χ4n) is 2.17. The molecule has 4 nitrogen and oxygen atoms in total. The number of methoxy groups -OCH3 is 1. The van der Waals surface area contributed by atoms with Crippen LogP contribution in [0.15, 0.2) is 36.5 Å². The van der Waals surface area contributed by atoms with Gasteiger partial charge in [-0.15, -0.1) is 0 Å². The lowest BCUT2D eigenvalue weighted by atomic mass is 10.0. The number of nitrogens with one attached hydrogen (secondary N) is 1. The number of rotatable bonds is 7. The molecule has 0 bridgehead atoms. The zero-order chi connectivity index (χ0) is 15.1. The van der Waals surface area contributed by atoms with Crippen molar-refractivity contribution in [1.29, 1.82) is 0 Å². The molecular weight excluding hydrogens is 288 g/mol. The zero-order valence-corrected chi connectivity index (χ0v) is 12.7. The molecule has 0 aliphatic carbocycles. The van der Waals surface area contributed by atoms with Gasteiger partial charge in [0.05, 0.1) is 7.11 Å². The van der Waals surface area contributed by atoms with Crippen LogP contribution >= 0.6 is 11.6 Å². The molecule has 0 amide bonds. The third-order valence-electron chi connectivity index (χ3n) is 3.21. The second-order valence-corrected chi connectivity index (χ2v) is 4.94. The van der Waals surface area contributed by atoms with Crippen LogP contribution < -0.4 is 10.1 Å². The molecule has 1 aromatic heterocycles. The van der Waals surface area contributed by atoms with Gasteiger partial charge in [-0.2, -0.15) is 0 Å². The quantitative estimate of drug-likeness (QED) is 0.610. The minimum atomic E-state index is 0.174. The van der Waals surface area contributed by atoms with Gasteiger partial charge in [-0.25, -0.2) is 4.98 Å². The standard InChI is InChI=1S/C16H19ClN2O2/c1-21-15-6-3-2-5-13(15)12-7-9-19-16(17)14(12)11-18-8-4-10-20/h2-3,5-7,9,18,20H,4,8,10-11H2,1H3. The van der Waals surface area contributed by atoms with Crippen LogP contribution in [0.2, 0.25) is 5.15 Å². The summed E-state index contributed by atoms with van der Waals surface area (Å²) in [5.74, 6) is 0.802. The highest BCUT2D eigenvalue weighted by Crippen LogP contribution is 2.34. The number of nitrogens with zero attached hydrogens (tertiary/aromatic N) is 1. The maximum Gasteiger partial charge on any atom is 0.134 e. The number of aliphatic hydroxyl groups is 1. The number of benzene rings is 1. The first kappa shape index (κ1) is 15.8. The second kappa shape index (κ2) is 7.98. The minimum Gasteiger partial charge on any atom is -0.496 e. The Morgan fingerprint density at radius 3 is 2.81 bits per heavy atom. The van der Waals surface area contributed by atoms with Gasteiger partial charge in [0.25, 0.3) is 0 Å². The fraction of sp³-hybridized carbons (Fsp3) is 0.312. The highest BCUT2D eigenvalue weighted by molar-refractivity contribution is 6.30. The molecule has 0 saturated carbocycles. The summed E-state index contributed by atoms with van der Waals surface area (Å²) in [6, 6.07) is 9.76. The van der Waals surface area contributed by atoms with E-state index in [0.29, 0.717) is 18.1 Å². The normalized spacial score (nSPS) is 10.6. The molecular formula is C16H19ClN2O2. The number of halogens is 1. The predicted octanol–water partition coefficient (Wildman–Crippen LogP) is 2.88. The molecule has 0 saturated heterocycles. The maximum atomic E-state index is 8.82. The van der Waals surface area contributed by atoms with E-state index in [2.05, 4.69) is 10.3 Å². The van der Waals surface area contributed by atoms with Gasteiger partial charge in [0.1, 0.15) is 10.9 Å². The Morgan fingerprint density at radius 1 is 1.24 bits per heavy atom. The number of hydrogen-bond donors (Lipinski definition) is 2. The minimum absolute atomic E-state index is 0.174. The summed E-state index contributed by atoms with van der Waals surface area (Å²) < 4.78 is 5.42. The Morgan fingerprint density at radius 2 is 2.05 bits per heavy atom. The molecule has 2 rings (SSSR count). The Balaban J connectivity index is 2.32. The first-order chi connectivity index (χ1) is 10.3. The molecule has 0 aliphatic heterocycles. The molecule has 0 spiro atoms. The monoisotopic (exact) mass is 306 g/mol. The van der Waals surface area contributed by atoms with Crippen molar-refractivity contribution in [3.63, 3.8) is 0 Å². The molecule has 2 N–H and O–H groups in total. The second-order valence-electron chi connectivity index (χ2n) is 4.58. The molecule has 1 aromatic carbocycles. The third-order valence-corrected chi connectivity index (χ3v) is 3.54. The Bertz CT molecular complexity index is 590. The predicted molar refractivity (Wildman–Crippen MR) is 84.6 cm³/mol. The van der Waals surface area contributed by atoms with Gasteiger partial charge in [-0.05, 0) is 30.7 Å². The molecule has 0 unspecified atom stereocenters. The Kier molecular flexibility index (Phi) is 5.99. The molecule has 21 heavy (non-hydrogen) atoms. The van der Waals surface area contributed by atoms with Crippen molar-refractivity contribution in [2.45, 2.75) is 13.0 Å². The van der Waals surface area contributed by atoms with E-state index in [-0.39, 0.29) is 6.61 Å². The van der Waals surface area contributed by atoms with Crippen LogP contribution in [-0.2, 0) is 6.54 Å². The number of hydrogen-bond acceptors (Lipinski definition) is 4. The van der Waals surface area contributed by atoms with Crippen LogP contribution in [0.4, 0.5) is 0 Å². The number of ether oxygens (including phenoxy) is 1. The van der Waals surface area contributed by atoms with Gasteiger partial charge < -0.3 is 15.2 Å². The zero-order valence-electron chi connectivity index (χ0n) is 12.0. The van der Waals surface area contributed by atoms with Gasteiger partial charge in [0.15, 0.2) is 0 Å². The SMILES string of the molecule is COc1ccccc1-c1ccnc(Cl)c1CNCCCO. The van der Waals surface area contributed by atoms with Crippen molar-refractivity contribution < 1.29 is 9.84 Å². The molecule has 0 radical (unpaired) electrons. The van der Waals surface area contributed by atoms with Crippen molar-refractivity contribution in [3.05, 3.63) is 47.2 Å². The molecule has 0 atom stereocenters. The van der Waals surface area contributed by atoms with E-state index in [1.54, 1.807) is 13.3 Å². The van der Waals surface area contributed by atoms with Crippen molar-refractivity contribution in [2.75, 3.05) is 20.3 Å². The van der Waals surface area contributed by atoms with E-state index in [0.717, 1.165) is 29.0 Å². The van der Waals surface area contributed by atoms with Crippen molar-refractivity contribution in [1.82, 2.24) is 10.3 Å². The summed E-state index contributed by atoms with van der Waals surface area (Å²) in [6.45, 7) is 1.50. The molecule has 112 valence electrons. The highest BCUT2D eigenvalue weighted by atomic mass is 35.5.